The molecule has 3 amide bonds. The van der Waals surface area contributed by atoms with Crippen molar-refractivity contribution >= 4 is 35.4 Å². The lowest BCUT2D eigenvalue weighted by Gasteiger charge is -2.45. The minimum Gasteiger partial charge on any atom is -0.506 e. The van der Waals surface area contributed by atoms with E-state index in [0.29, 0.717) is 5.56 Å². The SMILES string of the molecule is CNC(=O)OC1CC(=O)N(C2OC(CO)C(O)C(O)C2O)c2cc(cc(O)c2Cl)CC(C)=CC=CC(OC)C2(O)CC(OC(=O)N2)C(C)C2OC12C. The number of hydrogen-bond donors (Lipinski definition) is 8. The molecule has 12 atom stereocenters. The number of rotatable bonds is 4. The molecule has 3 saturated heterocycles. The first-order valence-electron chi connectivity index (χ1n) is 16.8. The minimum absolute atomic E-state index is 0.129. The average Bonchev–Trinajstić information content (AvgIpc) is 3.79. The Morgan fingerprint density at radius 2 is 1.90 bits per heavy atom. The number of epoxide rings is 1. The highest BCUT2D eigenvalue weighted by molar-refractivity contribution is 6.35. The van der Waals surface area contributed by atoms with Gasteiger partial charge >= 0.3 is 12.2 Å². The Bertz CT molecular complexity index is 1590. The van der Waals surface area contributed by atoms with Crippen LogP contribution in [0.1, 0.15) is 39.2 Å². The van der Waals surface area contributed by atoms with Crippen LogP contribution in [0.4, 0.5) is 15.3 Å². The van der Waals surface area contributed by atoms with E-state index in [1.807, 2.05) is 0 Å². The number of aliphatic hydroxyl groups is 5. The van der Waals surface area contributed by atoms with Gasteiger partial charge in [-0.1, -0.05) is 42.3 Å². The number of aliphatic hydroxyl groups excluding tert-OH is 4. The van der Waals surface area contributed by atoms with Crippen LogP contribution in [-0.4, -0.2) is 136 Å². The second-order valence-electron chi connectivity index (χ2n) is 13.8. The van der Waals surface area contributed by atoms with Crippen LogP contribution in [0.5, 0.6) is 5.75 Å². The summed E-state index contributed by atoms with van der Waals surface area (Å²) < 4.78 is 28.7. The molecule has 0 saturated carbocycles. The average molecular weight is 756 g/mol. The third-order valence-electron chi connectivity index (χ3n) is 10.1. The number of halogens is 1. The monoisotopic (exact) mass is 755 g/mol. The molecule has 4 aliphatic rings. The molecular weight excluding hydrogens is 710 g/mol. The maximum atomic E-state index is 14.6. The smallest absolute Gasteiger partial charge is 0.409 e. The maximum absolute atomic E-state index is 14.6. The van der Waals surface area contributed by atoms with Gasteiger partial charge in [-0.3, -0.25) is 15.0 Å². The van der Waals surface area contributed by atoms with Crippen LogP contribution >= 0.6 is 11.6 Å². The number of phenolic OH excluding ortho intramolecular Hbond substituents is 1. The van der Waals surface area contributed by atoms with Crippen LogP contribution in [0.3, 0.4) is 0 Å². The summed E-state index contributed by atoms with van der Waals surface area (Å²) in [5.41, 5.74) is -2.28. The summed E-state index contributed by atoms with van der Waals surface area (Å²) >= 11 is 6.62. The molecule has 18 heteroatoms. The van der Waals surface area contributed by atoms with E-state index in [-0.39, 0.29) is 23.6 Å². The van der Waals surface area contributed by atoms with Crippen molar-refractivity contribution in [1.29, 1.82) is 0 Å². The number of carbonyl (C=O) groups is 3. The molecule has 0 aromatic heterocycles. The van der Waals surface area contributed by atoms with Crippen molar-refractivity contribution in [3.63, 3.8) is 0 Å². The van der Waals surface area contributed by atoms with Gasteiger partial charge in [0.25, 0.3) is 0 Å². The van der Waals surface area contributed by atoms with Crippen LogP contribution in [0.2, 0.25) is 5.02 Å². The van der Waals surface area contributed by atoms with Crippen molar-refractivity contribution in [1.82, 2.24) is 10.6 Å². The predicted octanol–water partition coefficient (Wildman–Crippen LogP) is 0.348. The van der Waals surface area contributed by atoms with E-state index in [9.17, 15) is 45.0 Å². The van der Waals surface area contributed by atoms with Crippen molar-refractivity contribution in [2.24, 2.45) is 5.92 Å². The number of carbonyl (C=O) groups excluding carboxylic acids is 3. The number of aromatic hydroxyl groups is 1. The van der Waals surface area contributed by atoms with E-state index in [4.69, 9.17) is 35.3 Å². The van der Waals surface area contributed by atoms with E-state index >= 15 is 0 Å². The normalized spacial score (nSPS) is 38.4. The molecule has 1 aromatic carbocycles. The molecule has 17 nitrogen and oxygen atoms in total. The highest BCUT2D eigenvalue weighted by Gasteiger charge is 2.64. The molecule has 4 heterocycles. The van der Waals surface area contributed by atoms with Gasteiger partial charge in [-0.25, -0.2) is 9.59 Å². The fourth-order valence-corrected chi connectivity index (χ4v) is 7.32. The molecule has 5 rings (SSSR count). The van der Waals surface area contributed by atoms with E-state index in [0.717, 1.165) is 10.5 Å². The molecule has 4 aliphatic heterocycles. The molecule has 8 N–H and O–H groups in total. The highest BCUT2D eigenvalue weighted by Crippen LogP contribution is 2.49. The van der Waals surface area contributed by atoms with Gasteiger partial charge in [-0.2, -0.15) is 0 Å². The fourth-order valence-electron chi connectivity index (χ4n) is 7.12. The third kappa shape index (κ3) is 7.74. The minimum atomic E-state index is -1.95. The Hall–Kier alpha value is -3.52. The molecule has 12 unspecified atom stereocenters. The molecule has 0 aliphatic carbocycles. The number of alkyl carbamates (subject to hydrolysis) is 2. The zero-order valence-corrected chi connectivity index (χ0v) is 30.0. The van der Waals surface area contributed by atoms with Gasteiger partial charge in [0.2, 0.25) is 5.91 Å². The molecular formula is C34H46ClN3O14. The standard InChI is InChI=1S/C34H46ClN3O14/c1-15-7-6-8-22(48-5)34(47)13-20(50-32(46)37-34)16(2)29-33(3,52-29)23(51-31(45)36-4)12-24(41)38(18-10-17(9-15)11-19(40)25(18)35)30-28(44)27(43)26(42)21(14-39)49-30/h6-8,10-11,16,20-23,26-30,39-40,42-44,47H,9,12-14H2,1-5H3,(H,36,45)(H,37,46). The van der Waals surface area contributed by atoms with E-state index in [2.05, 4.69) is 10.6 Å². The first kappa shape index (κ1) is 39.7. The number of fused-ring (bicyclic) bond motifs is 5. The number of nitrogens with one attached hydrogen (secondary N) is 2. The van der Waals surface area contributed by atoms with Crippen molar-refractivity contribution in [3.05, 3.63) is 46.5 Å². The molecule has 4 bridgehead atoms. The van der Waals surface area contributed by atoms with Gasteiger partial charge in [0, 0.05) is 26.5 Å². The number of phenols is 1. The largest absolute Gasteiger partial charge is 0.506 e. The fraction of sp³-hybridized carbons (Fsp3) is 0.618. The zero-order valence-electron chi connectivity index (χ0n) is 29.3. The highest BCUT2D eigenvalue weighted by atomic mass is 35.5. The second kappa shape index (κ2) is 15.5. The maximum Gasteiger partial charge on any atom is 0.409 e. The predicted molar refractivity (Wildman–Crippen MR) is 181 cm³/mol. The van der Waals surface area contributed by atoms with Gasteiger partial charge in [-0.15, -0.1) is 0 Å². The summed E-state index contributed by atoms with van der Waals surface area (Å²) in [6.45, 7) is 4.27. The zero-order chi connectivity index (χ0) is 38.3. The lowest BCUT2D eigenvalue weighted by atomic mass is 9.83. The topological polar surface area (TPSA) is 249 Å². The Kier molecular flexibility index (Phi) is 11.8. The van der Waals surface area contributed by atoms with Crippen LogP contribution < -0.4 is 15.5 Å². The summed E-state index contributed by atoms with van der Waals surface area (Å²) in [7, 11) is 2.68. The van der Waals surface area contributed by atoms with E-state index < -0.39 is 109 Å². The number of ether oxygens (including phenoxy) is 5. The van der Waals surface area contributed by atoms with Crippen LogP contribution in [0.25, 0.3) is 0 Å². The molecule has 0 spiro atoms. The van der Waals surface area contributed by atoms with Crippen LogP contribution in [0.15, 0.2) is 35.9 Å². The van der Waals surface area contributed by atoms with Gasteiger partial charge in [0.05, 0.1) is 24.8 Å². The number of benzene rings is 1. The third-order valence-corrected chi connectivity index (χ3v) is 10.5. The number of hydrogen-bond acceptors (Lipinski definition) is 14. The van der Waals surface area contributed by atoms with Gasteiger partial charge in [0.15, 0.2) is 12.0 Å². The van der Waals surface area contributed by atoms with Crippen molar-refractivity contribution in [2.45, 2.75) is 106 Å². The number of anilines is 1. The summed E-state index contributed by atoms with van der Waals surface area (Å²) in [4.78, 5) is 40.9. The van der Waals surface area contributed by atoms with E-state index in [1.165, 1.54) is 26.3 Å². The van der Waals surface area contributed by atoms with E-state index in [1.54, 1.807) is 39.0 Å². The Labute approximate surface area is 304 Å². The molecule has 3 fully saturated rings. The van der Waals surface area contributed by atoms with Crippen molar-refractivity contribution in [3.8, 4) is 5.75 Å². The number of nitrogens with zero attached hydrogens (tertiary/aromatic N) is 1. The number of amides is 3. The van der Waals surface area contributed by atoms with Crippen molar-refractivity contribution in [2.75, 3.05) is 25.7 Å². The molecule has 1 aromatic rings. The van der Waals surface area contributed by atoms with Gasteiger partial charge < -0.3 is 59.6 Å². The quantitative estimate of drug-likeness (QED) is 0.193. The second-order valence-corrected chi connectivity index (χ2v) is 14.2. The first-order valence-corrected chi connectivity index (χ1v) is 17.1. The Morgan fingerprint density at radius 1 is 1.19 bits per heavy atom. The van der Waals surface area contributed by atoms with Crippen LogP contribution in [-0.2, 0) is 34.9 Å². The molecule has 288 valence electrons. The first-order chi connectivity index (χ1) is 24.5. The summed E-state index contributed by atoms with van der Waals surface area (Å²) in [6, 6.07) is 2.83. The van der Waals surface area contributed by atoms with Gasteiger partial charge in [0.1, 0.15) is 59.1 Å². The Morgan fingerprint density at radius 3 is 2.56 bits per heavy atom. The van der Waals surface area contributed by atoms with Crippen molar-refractivity contribution < 1.29 is 68.7 Å². The molecule has 0 radical (unpaired) electrons. The summed E-state index contributed by atoms with van der Waals surface area (Å²) in [5, 5.41) is 69.4. The number of allylic oxidation sites excluding steroid dienone is 3. The summed E-state index contributed by atoms with van der Waals surface area (Å²) in [6.07, 6.45) is -10.4. The lowest BCUT2D eigenvalue weighted by Crippen LogP contribution is -2.64. The van der Waals surface area contributed by atoms with Crippen LogP contribution in [0, 0.1) is 5.92 Å². The Balaban J connectivity index is 1.66. The molecule has 52 heavy (non-hydrogen) atoms. The lowest BCUT2D eigenvalue weighted by molar-refractivity contribution is -0.228. The summed E-state index contributed by atoms with van der Waals surface area (Å²) in [5.74, 6) is -1.97. The van der Waals surface area contributed by atoms with Gasteiger partial charge in [-0.05, 0) is 38.0 Å². The number of methoxy groups -OCH3 is 1.